The molecule has 1 saturated heterocycles. The van der Waals surface area contributed by atoms with Crippen LogP contribution in [0.5, 0.6) is 0 Å². The molecule has 0 spiro atoms. The number of allylic oxidation sites excluding steroid dienone is 5. The summed E-state index contributed by atoms with van der Waals surface area (Å²) in [5.74, 6) is -0.115. The molecule has 2 aliphatic rings. The van der Waals surface area contributed by atoms with E-state index in [2.05, 4.69) is 46.2 Å². The van der Waals surface area contributed by atoms with Crippen molar-refractivity contribution in [2.75, 3.05) is 26.2 Å². The topological polar surface area (TPSA) is 23.6 Å². The highest BCUT2D eigenvalue weighted by atomic mass is 16.1. The van der Waals surface area contributed by atoms with E-state index in [0.717, 1.165) is 44.7 Å². The molecule has 3 heteroatoms. The minimum absolute atomic E-state index is 0.115. The molecule has 0 radical (unpaired) electrons. The molecule has 114 valence electrons. The number of piperazine rings is 1. The summed E-state index contributed by atoms with van der Waals surface area (Å²) in [5.41, 5.74) is 2.49. The lowest BCUT2D eigenvalue weighted by Crippen LogP contribution is -2.46. The van der Waals surface area contributed by atoms with Crippen LogP contribution in [0.2, 0.25) is 0 Å². The van der Waals surface area contributed by atoms with Crippen LogP contribution in [-0.4, -0.2) is 42.3 Å². The number of carbonyl (C=O) groups excluding carboxylic acids is 1. The van der Waals surface area contributed by atoms with E-state index in [-0.39, 0.29) is 5.92 Å². The van der Waals surface area contributed by atoms with E-state index in [1.54, 1.807) is 0 Å². The number of hydrogen-bond acceptors (Lipinski definition) is 3. The van der Waals surface area contributed by atoms with Crippen LogP contribution in [0.15, 0.2) is 66.4 Å². The van der Waals surface area contributed by atoms with Crippen molar-refractivity contribution in [3.05, 3.63) is 72.0 Å². The van der Waals surface area contributed by atoms with Crippen molar-refractivity contribution in [1.82, 2.24) is 9.80 Å². The van der Waals surface area contributed by atoms with Gasteiger partial charge in [-0.05, 0) is 11.6 Å². The van der Waals surface area contributed by atoms with Gasteiger partial charge in [0, 0.05) is 38.4 Å². The molecule has 1 heterocycles. The monoisotopic (exact) mass is 294 g/mol. The Bertz CT molecular complexity index is 581. The molecule has 0 N–H and O–H groups in total. The van der Waals surface area contributed by atoms with E-state index in [0.29, 0.717) is 0 Å². The number of rotatable bonds is 4. The van der Waals surface area contributed by atoms with Crippen LogP contribution in [0.1, 0.15) is 5.56 Å². The maximum atomic E-state index is 11.3. The summed E-state index contributed by atoms with van der Waals surface area (Å²) in [4.78, 5) is 16.1. The van der Waals surface area contributed by atoms with Crippen molar-refractivity contribution < 1.29 is 4.79 Å². The van der Waals surface area contributed by atoms with Gasteiger partial charge in [0.1, 0.15) is 6.29 Å². The van der Waals surface area contributed by atoms with Crippen molar-refractivity contribution in [3.63, 3.8) is 0 Å². The van der Waals surface area contributed by atoms with Gasteiger partial charge in [0.2, 0.25) is 0 Å². The molecule has 3 nitrogen and oxygen atoms in total. The normalized spacial score (nSPS) is 22.3. The summed E-state index contributed by atoms with van der Waals surface area (Å²) in [7, 11) is 0. The first kappa shape index (κ1) is 14.8. The fourth-order valence-corrected chi connectivity index (χ4v) is 3.05. The summed E-state index contributed by atoms with van der Waals surface area (Å²) in [6.07, 6.45) is 11.0. The Morgan fingerprint density at radius 1 is 1.00 bits per heavy atom. The smallest absolute Gasteiger partial charge is 0.132 e. The number of benzene rings is 1. The lowest BCUT2D eigenvalue weighted by Gasteiger charge is -2.38. The maximum Gasteiger partial charge on any atom is 0.132 e. The minimum atomic E-state index is -0.115. The Morgan fingerprint density at radius 3 is 2.50 bits per heavy atom. The lowest BCUT2D eigenvalue weighted by molar-refractivity contribution is -0.109. The second-order valence-electron chi connectivity index (χ2n) is 5.77. The lowest BCUT2D eigenvalue weighted by atomic mass is 10.0. The Morgan fingerprint density at radius 2 is 1.77 bits per heavy atom. The molecular formula is C19H22N2O. The summed E-state index contributed by atoms with van der Waals surface area (Å²) in [6.45, 7) is 5.02. The molecule has 3 rings (SSSR count). The number of nitrogens with zero attached hydrogens (tertiary/aromatic N) is 2. The third-order valence-corrected chi connectivity index (χ3v) is 4.28. The quantitative estimate of drug-likeness (QED) is 0.798. The van der Waals surface area contributed by atoms with Gasteiger partial charge in [-0.1, -0.05) is 54.6 Å². The second-order valence-corrected chi connectivity index (χ2v) is 5.77. The summed E-state index contributed by atoms with van der Waals surface area (Å²) in [6, 6.07) is 10.6. The predicted molar refractivity (Wildman–Crippen MR) is 89.2 cm³/mol. The van der Waals surface area contributed by atoms with E-state index in [1.807, 2.05) is 24.3 Å². The third-order valence-electron chi connectivity index (χ3n) is 4.28. The van der Waals surface area contributed by atoms with Crippen LogP contribution in [0.3, 0.4) is 0 Å². The van der Waals surface area contributed by atoms with Crippen molar-refractivity contribution in [2.24, 2.45) is 5.92 Å². The Labute approximate surface area is 132 Å². The van der Waals surface area contributed by atoms with Crippen LogP contribution < -0.4 is 0 Å². The molecule has 1 aliphatic heterocycles. The van der Waals surface area contributed by atoms with Gasteiger partial charge in [0.25, 0.3) is 0 Å². The molecule has 22 heavy (non-hydrogen) atoms. The fourth-order valence-electron chi connectivity index (χ4n) is 3.05. The van der Waals surface area contributed by atoms with E-state index in [9.17, 15) is 4.79 Å². The molecule has 0 amide bonds. The predicted octanol–water partition coefficient (Wildman–Crippen LogP) is 2.63. The van der Waals surface area contributed by atoms with Crippen LogP contribution in [-0.2, 0) is 11.3 Å². The Kier molecular flexibility index (Phi) is 4.86. The van der Waals surface area contributed by atoms with Gasteiger partial charge in [-0.25, -0.2) is 0 Å². The molecular weight excluding hydrogens is 272 g/mol. The zero-order valence-electron chi connectivity index (χ0n) is 12.8. The number of hydrogen-bond donors (Lipinski definition) is 0. The first-order valence-corrected chi connectivity index (χ1v) is 7.88. The molecule has 1 aromatic rings. The van der Waals surface area contributed by atoms with Crippen molar-refractivity contribution in [3.8, 4) is 0 Å². The molecule has 1 unspecified atom stereocenters. The zero-order valence-corrected chi connectivity index (χ0v) is 12.8. The average molecular weight is 294 g/mol. The first-order chi connectivity index (χ1) is 10.9. The highest BCUT2D eigenvalue weighted by Gasteiger charge is 2.22. The van der Waals surface area contributed by atoms with Gasteiger partial charge in [-0.2, -0.15) is 0 Å². The van der Waals surface area contributed by atoms with E-state index >= 15 is 0 Å². The van der Waals surface area contributed by atoms with E-state index < -0.39 is 0 Å². The molecule has 1 atom stereocenters. The average Bonchev–Trinajstić information content (AvgIpc) is 2.82. The standard InChI is InChI=1S/C19H22N2O/c22-16-18-9-5-2-6-10-19(18)21-13-11-20(12-14-21)15-17-7-3-1-4-8-17/h1-10,16,18H,11-15H2. The largest absolute Gasteiger partial charge is 0.371 e. The first-order valence-electron chi connectivity index (χ1n) is 7.88. The molecule has 1 aromatic carbocycles. The van der Waals surface area contributed by atoms with Crippen LogP contribution >= 0.6 is 0 Å². The SMILES string of the molecule is O=CC1C=CC=CC=C1N1CCN(Cc2ccccc2)CC1. The highest BCUT2D eigenvalue weighted by Crippen LogP contribution is 2.21. The van der Waals surface area contributed by atoms with Gasteiger partial charge in [-0.3, -0.25) is 4.90 Å². The van der Waals surface area contributed by atoms with Gasteiger partial charge in [-0.15, -0.1) is 0 Å². The van der Waals surface area contributed by atoms with Crippen molar-refractivity contribution in [2.45, 2.75) is 6.54 Å². The van der Waals surface area contributed by atoms with Gasteiger partial charge >= 0.3 is 0 Å². The second kappa shape index (κ2) is 7.23. The van der Waals surface area contributed by atoms with Crippen LogP contribution in [0.25, 0.3) is 0 Å². The molecule has 1 aliphatic carbocycles. The third kappa shape index (κ3) is 3.55. The minimum Gasteiger partial charge on any atom is -0.371 e. The number of aldehydes is 1. The van der Waals surface area contributed by atoms with Gasteiger partial charge in [0.05, 0.1) is 5.92 Å². The van der Waals surface area contributed by atoms with E-state index in [4.69, 9.17) is 0 Å². The Balaban J connectivity index is 1.59. The molecule has 0 saturated carbocycles. The van der Waals surface area contributed by atoms with Crippen molar-refractivity contribution in [1.29, 1.82) is 0 Å². The molecule has 1 fully saturated rings. The maximum absolute atomic E-state index is 11.3. The zero-order chi connectivity index (χ0) is 15.2. The highest BCUT2D eigenvalue weighted by molar-refractivity contribution is 5.62. The summed E-state index contributed by atoms with van der Waals surface area (Å²) in [5, 5.41) is 0. The molecule has 0 aromatic heterocycles. The summed E-state index contributed by atoms with van der Waals surface area (Å²) < 4.78 is 0. The van der Waals surface area contributed by atoms with Gasteiger partial charge < -0.3 is 9.69 Å². The van der Waals surface area contributed by atoms with Crippen LogP contribution in [0, 0.1) is 5.92 Å². The fraction of sp³-hybridized carbons (Fsp3) is 0.316. The number of carbonyl (C=O) groups is 1. The Hall–Kier alpha value is -2.13. The summed E-state index contributed by atoms with van der Waals surface area (Å²) >= 11 is 0. The van der Waals surface area contributed by atoms with Crippen molar-refractivity contribution >= 4 is 6.29 Å². The van der Waals surface area contributed by atoms with Crippen LogP contribution in [0.4, 0.5) is 0 Å². The van der Waals surface area contributed by atoms with Gasteiger partial charge in [0.15, 0.2) is 0 Å². The molecule has 0 bridgehead atoms. The van der Waals surface area contributed by atoms with E-state index in [1.165, 1.54) is 5.56 Å².